The topological polar surface area (TPSA) is 3.24 Å². The molecule has 1 saturated carbocycles. The number of nitrogens with zero attached hydrogens (tertiary/aromatic N) is 1. The molecule has 2 fully saturated rings. The third-order valence-corrected chi connectivity index (χ3v) is 3.56. The SMILES string of the molecule is S=C1CCCN1C1CCCCC1. The molecule has 0 aromatic heterocycles. The zero-order chi connectivity index (χ0) is 8.39. The first-order valence-corrected chi connectivity index (χ1v) is 5.58. The van der Waals surface area contributed by atoms with Gasteiger partial charge in [-0.1, -0.05) is 31.5 Å². The average molecular weight is 183 g/mol. The van der Waals surface area contributed by atoms with Crippen LogP contribution in [0, 0.1) is 0 Å². The molecule has 0 aromatic rings. The first kappa shape index (κ1) is 8.49. The van der Waals surface area contributed by atoms with Crippen LogP contribution >= 0.6 is 12.2 Å². The van der Waals surface area contributed by atoms with Crippen molar-refractivity contribution in [2.75, 3.05) is 6.54 Å². The highest BCUT2D eigenvalue weighted by Crippen LogP contribution is 2.26. The Hall–Kier alpha value is -0.110. The highest BCUT2D eigenvalue weighted by atomic mass is 32.1. The molecular weight excluding hydrogens is 166 g/mol. The highest BCUT2D eigenvalue weighted by Gasteiger charge is 2.25. The minimum atomic E-state index is 0.814. The Labute approximate surface area is 80.1 Å². The van der Waals surface area contributed by atoms with Crippen molar-refractivity contribution < 1.29 is 0 Å². The van der Waals surface area contributed by atoms with E-state index in [0.29, 0.717) is 0 Å². The van der Waals surface area contributed by atoms with E-state index in [2.05, 4.69) is 4.90 Å². The van der Waals surface area contributed by atoms with Crippen LogP contribution in [0.5, 0.6) is 0 Å². The van der Waals surface area contributed by atoms with E-state index in [4.69, 9.17) is 12.2 Å². The molecular formula is C10H17NS. The molecule has 1 aliphatic carbocycles. The molecule has 1 heterocycles. The van der Waals surface area contributed by atoms with Gasteiger partial charge in [0, 0.05) is 12.6 Å². The molecule has 0 N–H and O–H groups in total. The summed E-state index contributed by atoms with van der Waals surface area (Å²) in [4.78, 5) is 3.73. The predicted molar refractivity (Wildman–Crippen MR) is 55.4 cm³/mol. The monoisotopic (exact) mass is 183 g/mol. The Morgan fingerprint density at radius 1 is 1.08 bits per heavy atom. The molecule has 0 atom stereocenters. The number of thiocarbonyl (C=S) groups is 1. The van der Waals surface area contributed by atoms with Gasteiger partial charge in [0.1, 0.15) is 0 Å². The van der Waals surface area contributed by atoms with Gasteiger partial charge in [-0.05, 0) is 25.7 Å². The van der Waals surface area contributed by atoms with Crippen molar-refractivity contribution in [2.45, 2.75) is 51.0 Å². The van der Waals surface area contributed by atoms with Crippen LogP contribution in [0.3, 0.4) is 0 Å². The second-order valence-electron chi connectivity index (χ2n) is 3.98. The largest absolute Gasteiger partial charge is 0.363 e. The third-order valence-electron chi connectivity index (χ3n) is 3.13. The van der Waals surface area contributed by atoms with Crippen LogP contribution in [0.15, 0.2) is 0 Å². The van der Waals surface area contributed by atoms with E-state index in [1.807, 2.05) is 0 Å². The molecule has 1 saturated heterocycles. The molecule has 2 aliphatic rings. The zero-order valence-electron chi connectivity index (χ0n) is 7.59. The Bertz CT molecular complexity index is 173. The van der Waals surface area contributed by atoms with Gasteiger partial charge >= 0.3 is 0 Å². The summed E-state index contributed by atoms with van der Waals surface area (Å²) in [6.07, 6.45) is 9.53. The third kappa shape index (κ3) is 1.63. The maximum Gasteiger partial charge on any atom is 0.0782 e. The van der Waals surface area contributed by atoms with Gasteiger partial charge in [-0.25, -0.2) is 0 Å². The molecule has 1 aliphatic heterocycles. The molecule has 1 nitrogen and oxygen atoms in total. The summed E-state index contributed by atoms with van der Waals surface area (Å²) in [7, 11) is 0. The summed E-state index contributed by atoms with van der Waals surface area (Å²) >= 11 is 5.35. The Kier molecular flexibility index (Phi) is 2.64. The molecule has 12 heavy (non-hydrogen) atoms. The molecule has 2 heteroatoms. The lowest BCUT2D eigenvalue weighted by atomic mass is 9.94. The van der Waals surface area contributed by atoms with Gasteiger partial charge in [0.2, 0.25) is 0 Å². The highest BCUT2D eigenvalue weighted by molar-refractivity contribution is 7.80. The lowest BCUT2D eigenvalue weighted by Crippen LogP contribution is -2.36. The number of hydrogen-bond donors (Lipinski definition) is 0. The molecule has 0 amide bonds. The molecule has 2 rings (SSSR count). The van der Waals surface area contributed by atoms with Crippen LogP contribution in [0.4, 0.5) is 0 Å². The van der Waals surface area contributed by atoms with Gasteiger partial charge in [-0.2, -0.15) is 0 Å². The van der Waals surface area contributed by atoms with E-state index in [0.717, 1.165) is 6.04 Å². The minimum Gasteiger partial charge on any atom is -0.363 e. The number of hydrogen-bond acceptors (Lipinski definition) is 1. The summed E-state index contributed by atoms with van der Waals surface area (Å²) < 4.78 is 0. The van der Waals surface area contributed by atoms with Crippen molar-refractivity contribution >= 4 is 17.2 Å². The van der Waals surface area contributed by atoms with Gasteiger partial charge in [-0.15, -0.1) is 0 Å². The lowest BCUT2D eigenvalue weighted by Gasteiger charge is -2.32. The van der Waals surface area contributed by atoms with Gasteiger partial charge in [0.25, 0.3) is 0 Å². The van der Waals surface area contributed by atoms with Gasteiger partial charge in [0.15, 0.2) is 0 Å². The summed E-state index contributed by atoms with van der Waals surface area (Å²) in [5, 5.41) is 0. The van der Waals surface area contributed by atoms with Crippen LogP contribution in [0.25, 0.3) is 0 Å². The van der Waals surface area contributed by atoms with Gasteiger partial charge in [0.05, 0.1) is 4.99 Å². The Morgan fingerprint density at radius 3 is 2.42 bits per heavy atom. The van der Waals surface area contributed by atoms with Crippen molar-refractivity contribution in [1.82, 2.24) is 4.90 Å². The predicted octanol–water partition coefficient (Wildman–Crippen LogP) is 2.74. The van der Waals surface area contributed by atoms with E-state index in [-0.39, 0.29) is 0 Å². The van der Waals surface area contributed by atoms with Gasteiger partial charge < -0.3 is 4.90 Å². The Morgan fingerprint density at radius 2 is 1.83 bits per heavy atom. The van der Waals surface area contributed by atoms with E-state index >= 15 is 0 Å². The summed E-state index contributed by atoms with van der Waals surface area (Å²) in [5.41, 5.74) is 0. The quantitative estimate of drug-likeness (QED) is 0.575. The van der Waals surface area contributed by atoms with Crippen molar-refractivity contribution in [2.24, 2.45) is 0 Å². The molecule has 68 valence electrons. The fourth-order valence-electron chi connectivity index (χ4n) is 2.45. The number of likely N-dealkylation sites (tertiary alicyclic amines) is 1. The minimum absolute atomic E-state index is 0.814. The summed E-state index contributed by atoms with van der Waals surface area (Å²) in [6, 6.07) is 0.814. The van der Waals surface area contributed by atoms with Crippen molar-refractivity contribution in [3.63, 3.8) is 0 Å². The summed E-state index contributed by atoms with van der Waals surface area (Å²) in [5.74, 6) is 0. The molecule has 0 unspecified atom stereocenters. The van der Waals surface area contributed by atoms with Crippen LogP contribution in [0.2, 0.25) is 0 Å². The van der Waals surface area contributed by atoms with Crippen molar-refractivity contribution in [3.8, 4) is 0 Å². The van der Waals surface area contributed by atoms with Crippen molar-refractivity contribution in [3.05, 3.63) is 0 Å². The van der Waals surface area contributed by atoms with Crippen LogP contribution < -0.4 is 0 Å². The number of rotatable bonds is 1. The zero-order valence-corrected chi connectivity index (χ0v) is 8.41. The maximum absolute atomic E-state index is 5.35. The van der Waals surface area contributed by atoms with Crippen LogP contribution in [0.1, 0.15) is 44.9 Å². The second kappa shape index (κ2) is 3.73. The Balaban J connectivity index is 1.93. The molecule has 0 aromatic carbocycles. The fraction of sp³-hybridized carbons (Fsp3) is 0.900. The maximum atomic E-state index is 5.35. The molecule has 0 radical (unpaired) electrons. The van der Waals surface area contributed by atoms with E-state index in [1.54, 1.807) is 0 Å². The second-order valence-corrected chi connectivity index (χ2v) is 4.45. The normalized spacial score (nSPS) is 26.7. The van der Waals surface area contributed by atoms with E-state index in [9.17, 15) is 0 Å². The first-order chi connectivity index (χ1) is 5.88. The summed E-state index contributed by atoms with van der Waals surface area (Å²) in [6.45, 7) is 1.24. The molecule has 0 spiro atoms. The van der Waals surface area contributed by atoms with Crippen LogP contribution in [-0.4, -0.2) is 22.5 Å². The molecule has 0 bridgehead atoms. The van der Waals surface area contributed by atoms with E-state index in [1.165, 1.54) is 56.5 Å². The first-order valence-electron chi connectivity index (χ1n) is 5.17. The smallest absolute Gasteiger partial charge is 0.0782 e. The fourth-order valence-corrected chi connectivity index (χ4v) is 2.83. The van der Waals surface area contributed by atoms with Gasteiger partial charge in [-0.3, -0.25) is 0 Å². The van der Waals surface area contributed by atoms with Crippen molar-refractivity contribution in [1.29, 1.82) is 0 Å². The van der Waals surface area contributed by atoms with Crippen LogP contribution in [-0.2, 0) is 0 Å². The standard InChI is InChI=1S/C10H17NS/c12-10-7-4-8-11(10)9-5-2-1-3-6-9/h9H,1-8H2. The van der Waals surface area contributed by atoms with E-state index < -0.39 is 0 Å². The lowest BCUT2D eigenvalue weighted by molar-refractivity contribution is 0.261. The average Bonchev–Trinajstić information content (AvgIpc) is 2.53.